The zero-order chi connectivity index (χ0) is 20.1. The lowest BCUT2D eigenvalue weighted by molar-refractivity contribution is -0.121. The molecule has 6 nitrogen and oxygen atoms in total. The van der Waals surface area contributed by atoms with Crippen LogP contribution in [-0.2, 0) is 16.0 Å². The van der Waals surface area contributed by atoms with Crippen LogP contribution in [0.1, 0.15) is 18.7 Å². The Bertz CT molecular complexity index is 1130. The highest BCUT2D eigenvalue weighted by molar-refractivity contribution is 5.94. The van der Waals surface area contributed by atoms with Gasteiger partial charge >= 0.3 is 0 Å². The smallest absolute Gasteiger partial charge is 0.226 e. The van der Waals surface area contributed by atoms with Gasteiger partial charge in [-0.2, -0.15) is 0 Å². The summed E-state index contributed by atoms with van der Waals surface area (Å²) in [4.78, 5) is 31.8. The third kappa shape index (κ3) is 4.79. The first-order valence-corrected chi connectivity index (χ1v) is 9.66. The van der Waals surface area contributed by atoms with Crippen molar-refractivity contribution in [1.29, 1.82) is 0 Å². The number of imidazole rings is 1. The van der Waals surface area contributed by atoms with Crippen LogP contribution in [0, 0.1) is 0 Å². The number of H-pyrrole nitrogens is 1. The molecule has 4 aromatic rings. The number of hydrogen-bond donors (Lipinski definition) is 3. The number of rotatable bonds is 7. The van der Waals surface area contributed by atoms with E-state index in [1.807, 2.05) is 66.7 Å². The maximum atomic E-state index is 12.1. The van der Waals surface area contributed by atoms with Crippen LogP contribution in [0.2, 0.25) is 0 Å². The molecule has 0 atom stereocenters. The standard InChI is InChI=1S/C23H22N4O2/c28-22(12-11-21-26-19-7-3-4-8-20(19)27-21)24-14-13-23(29)25-18-10-9-16-5-1-2-6-17(16)15-18/h1-10,15H,11-14H2,(H,24,28)(H,25,29)(H,26,27). The minimum atomic E-state index is -0.127. The quantitative estimate of drug-likeness (QED) is 0.452. The van der Waals surface area contributed by atoms with Crippen molar-refractivity contribution in [2.45, 2.75) is 19.3 Å². The summed E-state index contributed by atoms with van der Waals surface area (Å²) in [7, 11) is 0. The molecule has 0 radical (unpaired) electrons. The summed E-state index contributed by atoms with van der Waals surface area (Å²) in [5.41, 5.74) is 2.62. The number of para-hydroxylation sites is 2. The summed E-state index contributed by atoms with van der Waals surface area (Å²) in [6, 6.07) is 21.6. The van der Waals surface area contributed by atoms with E-state index < -0.39 is 0 Å². The van der Waals surface area contributed by atoms with E-state index in [9.17, 15) is 9.59 Å². The van der Waals surface area contributed by atoms with Gasteiger partial charge < -0.3 is 15.6 Å². The second-order valence-corrected chi connectivity index (χ2v) is 6.91. The van der Waals surface area contributed by atoms with Gasteiger partial charge in [-0.05, 0) is 35.0 Å². The van der Waals surface area contributed by atoms with E-state index >= 15 is 0 Å². The van der Waals surface area contributed by atoms with Gasteiger partial charge in [-0.3, -0.25) is 9.59 Å². The first-order chi connectivity index (χ1) is 14.2. The number of carbonyl (C=O) groups is 2. The number of hydrogen-bond acceptors (Lipinski definition) is 3. The largest absolute Gasteiger partial charge is 0.356 e. The lowest BCUT2D eigenvalue weighted by Gasteiger charge is -2.07. The van der Waals surface area contributed by atoms with E-state index in [1.54, 1.807) is 0 Å². The fourth-order valence-corrected chi connectivity index (χ4v) is 3.25. The molecular formula is C23H22N4O2. The predicted octanol–water partition coefficient (Wildman–Crippen LogP) is 3.79. The van der Waals surface area contributed by atoms with Crippen molar-refractivity contribution in [3.05, 3.63) is 72.6 Å². The van der Waals surface area contributed by atoms with Crippen molar-refractivity contribution < 1.29 is 9.59 Å². The highest BCUT2D eigenvalue weighted by atomic mass is 16.2. The summed E-state index contributed by atoms with van der Waals surface area (Å²) in [6.45, 7) is 0.304. The molecule has 1 aromatic heterocycles. The number of aromatic amines is 1. The summed E-state index contributed by atoms with van der Waals surface area (Å²) >= 11 is 0. The molecule has 0 unspecified atom stereocenters. The Balaban J connectivity index is 1.20. The van der Waals surface area contributed by atoms with E-state index in [1.165, 1.54) is 0 Å². The molecule has 0 saturated carbocycles. The summed E-state index contributed by atoms with van der Waals surface area (Å²) in [5, 5.41) is 7.87. The molecule has 2 amide bonds. The normalized spacial score (nSPS) is 10.9. The molecule has 0 fully saturated rings. The highest BCUT2D eigenvalue weighted by Gasteiger charge is 2.08. The number of nitrogens with zero attached hydrogens (tertiary/aromatic N) is 1. The topological polar surface area (TPSA) is 86.9 Å². The first-order valence-electron chi connectivity index (χ1n) is 9.66. The Morgan fingerprint density at radius 1 is 0.862 bits per heavy atom. The summed E-state index contributed by atoms with van der Waals surface area (Å²) in [5.74, 6) is 0.567. The molecule has 6 heteroatoms. The Morgan fingerprint density at radius 3 is 2.52 bits per heavy atom. The minimum absolute atomic E-state index is 0.0936. The average molecular weight is 386 g/mol. The Morgan fingerprint density at radius 2 is 1.66 bits per heavy atom. The fraction of sp³-hybridized carbons (Fsp3) is 0.174. The average Bonchev–Trinajstić information content (AvgIpc) is 3.15. The van der Waals surface area contributed by atoms with Gasteiger partial charge in [0, 0.05) is 31.5 Å². The highest BCUT2D eigenvalue weighted by Crippen LogP contribution is 2.18. The zero-order valence-corrected chi connectivity index (χ0v) is 15.9. The van der Waals surface area contributed by atoms with Crippen LogP contribution < -0.4 is 10.6 Å². The lowest BCUT2D eigenvalue weighted by atomic mass is 10.1. The van der Waals surface area contributed by atoms with Gasteiger partial charge in [0.1, 0.15) is 5.82 Å². The van der Waals surface area contributed by atoms with Crippen LogP contribution in [0.4, 0.5) is 5.69 Å². The molecule has 3 aromatic carbocycles. The van der Waals surface area contributed by atoms with Crippen molar-refractivity contribution in [3.63, 3.8) is 0 Å². The van der Waals surface area contributed by atoms with Crippen LogP contribution >= 0.6 is 0 Å². The van der Waals surface area contributed by atoms with Crippen molar-refractivity contribution in [1.82, 2.24) is 15.3 Å². The van der Waals surface area contributed by atoms with Crippen LogP contribution in [0.25, 0.3) is 21.8 Å². The van der Waals surface area contributed by atoms with E-state index in [0.29, 0.717) is 19.4 Å². The maximum Gasteiger partial charge on any atom is 0.226 e. The second-order valence-electron chi connectivity index (χ2n) is 6.91. The number of fused-ring (bicyclic) bond motifs is 2. The van der Waals surface area contributed by atoms with Crippen LogP contribution in [-0.4, -0.2) is 28.3 Å². The van der Waals surface area contributed by atoms with Crippen molar-refractivity contribution in [2.75, 3.05) is 11.9 Å². The molecule has 0 aliphatic rings. The van der Waals surface area contributed by atoms with Gasteiger partial charge in [0.25, 0.3) is 0 Å². The molecule has 3 N–H and O–H groups in total. The monoisotopic (exact) mass is 386 g/mol. The number of aromatic nitrogens is 2. The molecule has 1 heterocycles. The molecule has 0 saturated heterocycles. The van der Waals surface area contributed by atoms with Crippen LogP contribution in [0.15, 0.2) is 66.7 Å². The van der Waals surface area contributed by atoms with E-state index in [4.69, 9.17) is 0 Å². The number of amides is 2. The van der Waals surface area contributed by atoms with Gasteiger partial charge in [0.05, 0.1) is 11.0 Å². The van der Waals surface area contributed by atoms with Crippen molar-refractivity contribution in [2.24, 2.45) is 0 Å². The number of anilines is 1. The third-order valence-electron chi connectivity index (χ3n) is 4.73. The summed E-state index contributed by atoms with van der Waals surface area (Å²) < 4.78 is 0. The minimum Gasteiger partial charge on any atom is -0.356 e. The van der Waals surface area contributed by atoms with E-state index in [0.717, 1.165) is 33.3 Å². The molecule has 4 rings (SSSR count). The van der Waals surface area contributed by atoms with Gasteiger partial charge in [-0.15, -0.1) is 0 Å². The molecular weight excluding hydrogens is 364 g/mol. The number of carbonyl (C=O) groups excluding carboxylic acids is 2. The van der Waals surface area contributed by atoms with Crippen molar-refractivity contribution in [3.8, 4) is 0 Å². The molecule has 0 aliphatic carbocycles. The molecule has 29 heavy (non-hydrogen) atoms. The fourth-order valence-electron chi connectivity index (χ4n) is 3.25. The van der Waals surface area contributed by atoms with Crippen LogP contribution in [0.3, 0.4) is 0 Å². The Kier molecular flexibility index (Phi) is 5.52. The van der Waals surface area contributed by atoms with Crippen molar-refractivity contribution >= 4 is 39.3 Å². The predicted molar refractivity (Wildman–Crippen MR) is 115 cm³/mol. The zero-order valence-electron chi connectivity index (χ0n) is 15.9. The Labute approximate surface area is 168 Å². The molecule has 0 spiro atoms. The van der Waals surface area contributed by atoms with E-state index in [2.05, 4.69) is 20.6 Å². The third-order valence-corrected chi connectivity index (χ3v) is 4.73. The van der Waals surface area contributed by atoms with Gasteiger partial charge in [0.15, 0.2) is 0 Å². The number of nitrogens with one attached hydrogen (secondary N) is 3. The van der Waals surface area contributed by atoms with Gasteiger partial charge in [0.2, 0.25) is 11.8 Å². The molecule has 0 aliphatic heterocycles. The van der Waals surface area contributed by atoms with Gasteiger partial charge in [-0.1, -0.05) is 42.5 Å². The lowest BCUT2D eigenvalue weighted by Crippen LogP contribution is -2.27. The molecule has 0 bridgehead atoms. The summed E-state index contributed by atoms with van der Waals surface area (Å²) in [6.07, 6.45) is 1.08. The second kappa shape index (κ2) is 8.56. The number of aryl methyl sites for hydroxylation is 1. The van der Waals surface area contributed by atoms with Gasteiger partial charge in [-0.25, -0.2) is 4.98 Å². The van der Waals surface area contributed by atoms with E-state index in [-0.39, 0.29) is 18.2 Å². The number of benzene rings is 3. The maximum absolute atomic E-state index is 12.1. The molecule has 146 valence electrons. The van der Waals surface area contributed by atoms with Crippen LogP contribution in [0.5, 0.6) is 0 Å². The Hall–Kier alpha value is -3.67. The first kappa shape index (κ1) is 18.7. The SMILES string of the molecule is O=C(CCc1nc2ccccc2[nH]1)NCCC(=O)Nc1ccc2ccccc2c1.